The molecule has 1 N–H and O–H groups in total. The van der Waals surface area contributed by atoms with Gasteiger partial charge in [-0.2, -0.15) is 0 Å². The van der Waals surface area contributed by atoms with Gasteiger partial charge in [-0.05, 0) is 32.1 Å². The van der Waals surface area contributed by atoms with E-state index < -0.39 is 0 Å². The van der Waals surface area contributed by atoms with E-state index in [9.17, 15) is 0 Å². The predicted molar refractivity (Wildman–Crippen MR) is 57.7 cm³/mol. The van der Waals surface area contributed by atoms with Crippen molar-refractivity contribution in [1.29, 1.82) is 0 Å². The zero-order chi connectivity index (χ0) is 9.10. The highest BCUT2D eigenvalue weighted by Crippen LogP contribution is 2.21. The van der Waals surface area contributed by atoms with Gasteiger partial charge in [0.1, 0.15) is 6.23 Å². The largest absolute Gasteiger partial charge is 0.381 e. The SMILES string of the molecule is CC1COC(CC2CCCOC2)N1.Cl. The minimum Gasteiger partial charge on any atom is -0.381 e. The van der Waals surface area contributed by atoms with E-state index in [0.29, 0.717) is 12.0 Å². The van der Waals surface area contributed by atoms with Crippen molar-refractivity contribution in [2.24, 2.45) is 5.92 Å². The molecule has 0 radical (unpaired) electrons. The van der Waals surface area contributed by atoms with Crippen molar-refractivity contribution in [2.45, 2.75) is 38.5 Å². The monoisotopic (exact) mass is 221 g/mol. The van der Waals surface area contributed by atoms with Gasteiger partial charge in [0.2, 0.25) is 0 Å². The average Bonchev–Trinajstić information content (AvgIpc) is 2.53. The van der Waals surface area contributed by atoms with E-state index in [1.54, 1.807) is 0 Å². The van der Waals surface area contributed by atoms with Crippen LogP contribution in [0.4, 0.5) is 0 Å². The van der Waals surface area contributed by atoms with Crippen molar-refractivity contribution in [3.05, 3.63) is 0 Å². The Bertz CT molecular complexity index is 159. The average molecular weight is 222 g/mol. The maximum absolute atomic E-state index is 5.60. The third kappa shape index (κ3) is 3.39. The third-order valence-corrected chi connectivity index (χ3v) is 2.82. The molecule has 3 atom stereocenters. The van der Waals surface area contributed by atoms with E-state index in [1.807, 2.05) is 0 Å². The molecular weight excluding hydrogens is 202 g/mol. The lowest BCUT2D eigenvalue weighted by atomic mass is 9.98. The van der Waals surface area contributed by atoms with Gasteiger partial charge < -0.3 is 9.47 Å². The molecule has 14 heavy (non-hydrogen) atoms. The Labute approximate surface area is 91.9 Å². The molecule has 2 aliphatic rings. The van der Waals surface area contributed by atoms with E-state index in [-0.39, 0.29) is 18.6 Å². The van der Waals surface area contributed by atoms with Gasteiger partial charge in [0.15, 0.2) is 0 Å². The number of nitrogens with one attached hydrogen (secondary N) is 1. The summed E-state index contributed by atoms with van der Waals surface area (Å²) < 4.78 is 11.0. The minimum atomic E-state index is 0. The van der Waals surface area contributed by atoms with Crippen LogP contribution in [0.2, 0.25) is 0 Å². The van der Waals surface area contributed by atoms with Gasteiger partial charge in [0.25, 0.3) is 0 Å². The molecule has 3 nitrogen and oxygen atoms in total. The summed E-state index contributed by atoms with van der Waals surface area (Å²) in [6.45, 7) is 4.90. The molecule has 84 valence electrons. The van der Waals surface area contributed by atoms with Gasteiger partial charge in [-0.25, -0.2) is 0 Å². The van der Waals surface area contributed by atoms with Crippen molar-refractivity contribution in [3.8, 4) is 0 Å². The zero-order valence-corrected chi connectivity index (χ0v) is 9.52. The molecule has 2 heterocycles. The topological polar surface area (TPSA) is 30.5 Å². The highest BCUT2D eigenvalue weighted by molar-refractivity contribution is 5.85. The molecule has 0 aliphatic carbocycles. The Balaban J connectivity index is 0.000000980. The molecule has 3 unspecified atom stereocenters. The standard InChI is InChI=1S/C10H19NO2.ClH/c1-8-6-13-10(11-8)5-9-3-2-4-12-7-9;/h8-11H,2-7H2,1H3;1H. The molecule has 2 aliphatic heterocycles. The zero-order valence-electron chi connectivity index (χ0n) is 8.70. The van der Waals surface area contributed by atoms with Gasteiger partial charge in [-0.15, -0.1) is 12.4 Å². The van der Waals surface area contributed by atoms with Gasteiger partial charge in [-0.3, -0.25) is 5.32 Å². The molecule has 2 saturated heterocycles. The van der Waals surface area contributed by atoms with Crippen LogP contribution in [0.3, 0.4) is 0 Å². The summed E-state index contributed by atoms with van der Waals surface area (Å²) in [5, 5.41) is 3.42. The second kappa shape index (κ2) is 5.91. The third-order valence-electron chi connectivity index (χ3n) is 2.82. The fourth-order valence-corrected chi connectivity index (χ4v) is 2.11. The molecule has 0 aromatic carbocycles. The lowest BCUT2D eigenvalue weighted by Crippen LogP contribution is -2.32. The van der Waals surface area contributed by atoms with Crippen molar-refractivity contribution in [3.63, 3.8) is 0 Å². The van der Waals surface area contributed by atoms with Crippen molar-refractivity contribution >= 4 is 12.4 Å². The van der Waals surface area contributed by atoms with Crippen LogP contribution < -0.4 is 5.32 Å². The minimum absolute atomic E-state index is 0. The molecule has 0 bridgehead atoms. The highest BCUT2D eigenvalue weighted by atomic mass is 35.5. The summed E-state index contributed by atoms with van der Waals surface area (Å²) in [5.41, 5.74) is 0. The molecule has 4 heteroatoms. The van der Waals surface area contributed by atoms with Gasteiger partial charge >= 0.3 is 0 Å². The normalized spacial score (nSPS) is 37.9. The molecule has 0 aromatic rings. The van der Waals surface area contributed by atoms with E-state index in [4.69, 9.17) is 9.47 Å². The van der Waals surface area contributed by atoms with Crippen LogP contribution in [0.15, 0.2) is 0 Å². The summed E-state index contributed by atoms with van der Waals surface area (Å²) in [4.78, 5) is 0. The van der Waals surface area contributed by atoms with Crippen LogP contribution >= 0.6 is 12.4 Å². The molecule has 0 aromatic heterocycles. The summed E-state index contributed by atoms with van der Waals surface area (Å²) in [5.74, 6) is 0.705. The smallest absolute Gasteiger partial charge is 0.108 e. The predicted octanol–water partition coefficient (Wildman–Crippen LogP) is 1.56. The lowest BCUT2D eigenvalue weighted by molar-refractivity contribution is 0.0163. The van der Waals surface area contributed by atoms with E-state index >= 15 is 0 Å². The summed E-state index contributed by atoms with van der Waals surface area (Å²) >= 11 is 0. The molecule has 0 saturated carbocycles. The van der Waals surface area contributed by atoms with Crippen LogP contribution in [0.1, 0.15) is 26.2 Å². The number of hydrogen-bond donors (Lipinski definition) is 1. The van der Waals surface area contributed by atoms with E-state index in [2.05, 4.69) is 12.2 Å². The summed E-state index contributed by atoms with van der Waals surface area (Å²) in [7, 11) is 0. The fourth-order valence-electron chi connectivity index (χ4n) is 2.11. The maximum atomic E-state index is 5.60. The maximum Gasteiger partial charge on any atom is 0.108 e. The number of rotatable bonds is 2. The Hall–Kier alpha value is 0.170. The van der Waals surface area contributed by atoms with Crippen molar-refractivity contribution in [2.75, 3.05) is 19.8 Å². The fraction of sp³-hybridized carbons (Fsp3) is 1.00. The van der Waals surface area contributed by atoms with Crippen LogP contribution in [0.5, 0.6) is 0 Å². The van der Waals surface area contributed by atoms with Crippen LogP contribution in [-0.2, 0) is 9.47 Å². The van der Waals surface area contributed by atoms with E-state index in [0.717, 1.165) is 26.2 Å². The number of hydrogen-bond acceptors (Lipinski definition) is 3. The highest BCUT2D eigenvalue weighted by Gasteiger charge is 2.25. The molecule has 0 amide bonds. The van der Waals surface area contributed by atoms with Crippen LogP contribution in [-0.4, -0.2) is 32.1 Å². The second-order valence-corrected chi connectivity index (χ2v) is 4.21. The first-order valence-electron chi connectivity index (χ1n) is 5.30. The Morgan fingerprint density at radius 2 is 2.21 bits per heavy atom. The van der Waals surface area contributed by atoms with E-state index in [1.165, 1.54) is 12.8 Å². The lowest BCUT2D eigenvalue weighted by Gasteiger charge is -2.24. The number of halogens is 1. The quantitative estimate of drug-likeness (QED) is 0.768. The Morgan fingerprint density at radius 3 is 2.79 bits per heavy atom. The molecule has 2 rings (SSSR count). The number of ether oxygens (including phenoxy) is 2. The first-order chi connectivity index (χ1) is 6.34. The summed E-state index contributed by atoms with van der Waals surface area (Å²) in [6, 6.07) is 0.523. The van der Waals surface area contributed by atoms with Crippen molar-refractivity contribution in [1.82, 2.24) is 5.32 Å². The molecule has 0 spiro atoms. The first-order valence-corrected chi connectivity index (χ1v) is 5.30. The van der Waals surface area contributed by atoms with Crippen LogP contribution in [0.25, 0.3) is 0 Å². The van der Waals surface area contributed by atoms with Gasteiger partial charge in [0.05, 0.1) is 6.61 Å². The molecular formula is C10H20ClNO2. The van der Waals surface area contributed by atoms with Crippen molar-refractivity contribution < 1.29 is 9.47 Å². The van der Waals surface area contributed by atoms with Crippen LogP contribution in [0, 0.1) is 5.92 Å². The first kappa shape index (κ1) is 12.2. The Morgan fingerprint density at radius 1 is 1.36 bits per heavy atom. The molecule has 2 fully saturated rings. The Kier molecular flexibility index (Phi) is 5.17. The second-order valence-electron chi connectivity index (χ2n) is 4.21. The van der Waals surface area contributed by atoms with Gasteiger partial charge in [-0.1, -0.05) is 0 Å². The summed E-state index contributed by atoms with van der Waals surface area (Å²) in [6.07, 6.45) is 3.91. The van der Waals surface area contributed by atoms with Gasteiger partial charge in [0, 0.05) is 19.3 Å².